The van der Waals surface area contributed by atoms with Gasteiger partial charge in [-0.2, -0.15) is 0 Å². The fourth-order valence-electron chi connectivity index (χ4n) is 3.90. The lowest BCUT2D eigenvalue weighted by Gasteiger charge is -2.42. The van der Waals surface area contributed by atoms with Gasteiger partial charge in [0.1, 0.15) is 16.7 Å². The Morgan fingerprint density at radius 2 is 1.74 bits per heavy atom. The third-order valence-electron chi connectivity index (χ3n) is 5.61. The number of fused-ring (bicyclic) bond motifs is 1. The van der Waals surface area contributed by atoms with Crippen LogP contribution in [-0.2, 0) is 14.6 Å². The standard InChI is InChI=1S/C21H23NO4S/c1-22(17-11-16(12-17)15-7-3-2-4-8-15)21(23)13-18-14-27(24,25)20-10-6-5-9-19(20)26-18/h2-10,16-18H,11-14H2,1H3. The Hall–Kier alpha value is -2.34. The van der Waals surface area contributed by atoms with Crippen LogP contribution in [0.4, 0.5) is 0 Å². The van der Waals surface area contributed by atoms with Gasteiger partial charge in [0.2, 0.25) is 5.91 Å². The normalized spacial score (nSPS) is 25.6. The van der Waals surface area contributed by atoms with Gasteiger partial charge in [0.05, 0.1) is 12.2 Å². The van der Waals surface area contributed by atoms with Crippen LogP contribution in [0.1, 0.15) is 30.7 Å². The summed E-state index contributed by atoms with van der Waals surface area (Å²) in [5.41, 5.74) is 1.31. The van der Waals surface area contributed by atoms with E-state index >= 15 is 0 Å². The molecule has 1 saturated carbocycles. The number of carbonyl (C=O) groups is 1. The summed E-state index contributed by atoms with van der Waals surface area (Å²) in [6.45, 7) is 0. The van der Waals surface area contributed by atoms with Gasteiger partial charge in [-0.25, -0.2) is 8.42 Å². The molecule has 2 aliphatic rings. The van der Waals surface area contributed by atoms with Gasteiger partial charge >= 0.3 is 0 Å². The van der Waals surface area contributed by atoms with Crippen molar-refractivity contribution in [2.45, 2.75) is 42.2 Å². The van der Waals surface area contributed by atoms with Crippen LogP contribution in [0.2, 0.25) is 0 Å². The lowest BCUT2D eigenvalue weighted by molar-refractivity contribution is -0.135. The predicted molar refractivity (Wildman–Crippen MR) is 103 cm³/mol. The highest BCUT2D eigenvalue weighted by molar-refractivity contribution is 7.91. The Kier molecular flexibility index (Phi) is 4.68. The van der Waals surface area contributed by atoms with Crippen LogP contribution in [0, 0.1) is 0 Å². The number of carbonyl (C=O) groups excluding carboxylic acids is 1. The first-order valence-corrected chi connectivity index (χ1v) is 10.9. The molecule has 0 bridgehead atoms. The molecule has 0 N–H and O–H groups in total. The first kappa shape index (κ1) is 18.0. The molecule has 1 atom stereocenters. The molecule has 2 aromatic rings. The van der Waals surface area contributed by atoms with E-state index in [0.717, 1.165) is 12.8 Å². The number of rotatable bonds is 4. The van der Waals surface area contributed by atoms with Crippen molar-refractivity contribution in [3.63, 3.8) is 0 Å². The minimum absolute atomic E-state index is 0.0638. The average molecular weight is 385 g/mol. The van der Waals surface area contributed by atoms with Crippen LogP contribution >= 0.6 is 0 Å². The molecule has 0 saturated heterocycles. The fraction of sp³-hybridized carbons (Fsp3) is 0.381. The lowest BCUT2D eigenvalue weighted by atomic mass is 9.75. The minimum atomic E-state index is -3.41. The van der Waals surface area contributed by atoms with Crippen molar-refractivity contribution >= 4 is 15.7 Å². The van der Waals surface area contributed by atoms with Crippen molar-refractivity contribution in [3.8, 4) is 5.75 Å². The topological polar surface area (TPSA) is 63.7 Å². The van der Waals surface area contributed by atoms with Crippen LogP contribution < -0.4 is 4.74 Å². The van der Waals surface area contributed by atoms with E-state index in [-0.39, 0.29) is 29.0 Å². The van der Waals surface area contributed by atoms with Crippen molar-refractivity contribution < 1.29 is 17.9 Å². The average Bonchev–Trinajstić information content (AvgIpc) is 2.60. The molecular formula is C21H23NO4S. The predicted octanol–water partition coefficient (Wildman–Crippen LogP) is 3.02. The molecule has 1 aliphatic carbocycles. The van der Waals surface area contributed by atoms with E-state index in [9.17, 15) is 13.2 Å². The van der Waals surface area contributed by atoms with Crippen LogP contribution in [0.3, 0.4) is 0 Å². The van der Waals surface area contributed by atoms with Crippen molar-refractivity contribution in [2.75, 3.05) is 12.8 Å². The summed E-state index contributed by atoms with van der Waals surface area (Å²) in [5.74, 6) is 0.619. The summed E-state index contributed by atoms with van der Waals surface area (Å²) < 4.78 is 30.6. The highest BCUT2D eigenvalue weighted by Crippen LogP contribution is 2.39. The Morgan fingerprint density at radius 1 is 1.07 bits per heavy atom. The summed E-state index contributed by atoms with van der Waals surface area (Å²) in [5, 5.41) is 0. The SMILES string of the molecule is CN(C(=O)CC1CS(=O)(=O)c2ccccc2O1)C1CC(c2ccccc2)C1. The number of ether oxygens (including phenoxy) is 1. The first-order valence-electron chi connectivity index (χ1n) is 9.23. The Balaban J connectivity index is 1.36. The number of hydrogen-bond acceptors (Lipinski definition) is 4. The van der Waals surface area contributed by atoms with E-state index in [0.29, 0.717) is 11.7 Å². The van der Waals surface area contributed by atoms with Gasteiger partial charge in [-0.15, -0.1) is 0 Å². The van der Waals surface area contributed by atoms with Crippen LogP contribution in [0.5, 0.6) is 5.75 Å². The number of sulfone groups is 1. The van der Waals surface area contributed by atoms with Gasteiger partial charge in [0.15, 0.2) is 9.84 Å². The molecule has 1 amide bonds. The number of benzene rings is 2. The zero-order chi connectivity index (χ0) is 19.0. The first-order chi connectivity index (χ1) is 12.9. The largest absolute Gasteiger partial charge is 0.487 e. The molecule has 1 heterocycles. The van der Waals surface area contributed by atoms with Crippen LogP contribution in [0.15, 0.2) is 59.5 Å². The van der Waals surface area contributed by atoms with Crippen LogP contribution in [0.25, 0.3) is 0 Å². The van der Waals surface area contributed by atoms with Gasteiger partial charge in [-0.05, 0) is 36.5 Å². The zero-order valence-electron chi connectivity index (χ0n) is 15.2. The molecule has 0 spiro atoms. The molecular weight excluding hydrogens is 362 g/mol. The smallest absolute Gasteiger partial charge is 0.226 e. The van der Waals surface area contributed by atoms with E-state index < -0.39 is 15.9 Å². The third-order valence-corrected chi connectivity index (χ3v) is 7.43. The minimum Gasteiger partial charge on any atom is -0.487 e. The molecule has 27 heavy (non-hydrogen) atoms. The summed E-state index contributed by atoms with van der Waals surface area (Å²) >= 11 is 0. The Bertz CT molecular complexity index is 936. The van der Waals surface area contributed by atoms with Gasteiger partial charge in [-0.1, -0.05) is 42.5 Å². The van der Waals surface area contributed by atoms with Gasteiger partial charge in [0.25, 0.3) is 0 Å². The Morgan fingerprint density at radius 3 is 2.48 bits per heavy atom. The molecule has 5 nitrogen and oxygen atoms in total. The molecule has 1 unspecified atom stereocenters. The van der Waals surface area contributed by atoms with Crippen molar-refractivity contribution in [3.05, 3.63) is 60.2 Å². The quantitative estimate of drug-likeness (QED) is 0.812. The van der Waals surface area contributed by atoms with Crippen molar-refractivity contribution in [2.24, 2.45) is 0 Å². The van der Waals surface area contributed by atoms with Crippen molar-refractivity contribution in [1.82, 2.24) is 4.90 Å². The summed E-state index contributed by atoms with van der Waals surface area (Å²) in [4.78, 5) is 14.6. The van der Waals surface area contributed by atoms with Crippen LogP contribution in [-0.4, -0.2) is 44.2 Å². The number of nitrogens with zero attached hydrogens (tertiary/aromatic N) is 1. The zero-order valence-corrected chi connectivity index (χ0v) is 16.1. The summed E-state index contributed by atoms with van der Waals surface area (Å²) in [6, 6.07) is 17.1. The molecule has 4 rings (SSSR count). The highest BCUT2D eigenvalue weighted by Gasteiger charge is 2.37. The maximum Gasteiger partial charge on any atom is 0.226 e. The molecule has 1 fully saturated rings. The van der Waals surface area contributed by atoms with E-state index in [1.165, 1.54) is 5.56 Å². The van der Waals surface area contributed by atoms with E-state index in [2.05, 4.69) is 12.1 Å². The lowest BCUT2D eigenvalue weighted by Crippen LogP contribution is -2.46. The fourth-order valence-corrected chi connectivity index (χ4v) is 5.46. The van der Waals surface area contributed by atoms with E-state index in [1.807, 2.05) is 18.2 Å². The summed E-state index contributed by atoms with van der Waals surface area (Å²) in [7, 11) is -1.61. The highest BCUT2D eigenvalue weighted by atomic mass is 32.2. The second kappa shape index (κ2) is 7.00. The number of hydrogen-bond donors (Lipinski definition) is 0. The molecule has 142 valence electrons. The van der Waals surface area contributed by atoms with Crippen molar-refractivity contribution in [1.29, 1.82) is 0 Å². The molecule has 0 radical (unpaired) electrons. The number of para-hydroxylation sites is 1. The summed E-state index contributed by atoms with van der Waals surface area (Å²) in [6.07, 6.45) is 1.33. The number of amides is 1. The monoisotopic (exact) mass is 385 g/mol. The molecule has 6 heteroatoms. The maximum absolute atomic E-state index is 12.7. The van der Waals surface area contributed by atoms with Gasteiger partial charge in [0, 0.05) is 13.1 Å². The second-order valence-corrected chi connectivity index (χ2v) is 9.41. The Labute approximate surface area is 159 Å². The third kappa shape index (κ3) is 3.58. The molecule has 0 aromatic heterocycles. The maximum atomic E-state index is 12.7. The van der Waals surface area contributed by atoms with E-state index in [1.54, 1.807) is 36.2 Å². The van der Waals surface area contributed by atoms with E-state index in [4.69, 9.17) is 4.74 Å². The molecule has 1 aliphatic heterocycles. The van der Waals surface area contributed by atoms with Gasteiger partial charge in [-0.3, -0.25) is 4.79 Å². The van der Waals surface area contributed by atoms with Gasteiger partial charge < -0.3 is 9.64 Å². The molecule has 2 aromatic carbocycles. The second-order valence-electron chi connectivity index (χ2n) is 7.41.